The smallest absolute Gasteiger partial charge is 0.291 e. The van der Waals surface area contributed by atoms with E-state index in [4.69, 9.17) is 17.3 Å². The van der Waals surface area contributed by atoms with Crippen LogP contribution in [-0.4, -0.2) is 28.9 Å². The van der Waals surface area contributed by atoms with E-state index in [9.17, 15) is 4.79 Å². The minimum atomic E-state index is -0.0801. The number of nitrogens with zero attached hydrogens (tertiary/aromatic N) is 3. The maximum absolute atomic E-state index is 12.4. The molecule has 0 spiro atoms. The Morgan fingerprint density at radius 1 is 1.44 bits per heavy atom. The van der Waals surface area contributed by atoms with E-state index in [-0.39, 0.29) is 11.6 Å². The summed E-state index contributed by atoms with van der Waals surface area (Å²) in [6.45, 7) is 2.20. The molecule has 0 bridgehead atoms. The number of anilines is 1. The highest BCUT2D eigenvalue weighted by atomic mass is 35.5. The van der Waals surface area contributed by atoms with Crippen molar-refractivity contribution in [2.24, 2.45) is 11.7 Å². The first kappa shape index (κ1) is 12.0. The van der Waals surface area contributed by atoms with Gasteiger partial charge in [0.05, 0.1) is 11.2 Å². The second-order valence-electron chi connectivity index (χ2n) is 5.27. The van der Waals surface area contributed by atoms with Gasteiger partial charge in [0, 0.05) is 25.7 Å². The standard InChI is InChI=1S/C12H17ClN4O/c13-10-5-15-17(6-8-1-2-8)12(18)11(10)16-4-3-9(14)7-16/h5,8-9H,1-4,6-7,14H2. The summed E-state index contributed by atoms with van der Waals surface area (Å²) in [4.78, 5) is 14.4. The number of nitrogens with two attached hydrogens (primary N) is 1. The Kier molecular flexibility index (Phi) is 3.03. The fraction of sp³-hybridized carbons (Fsp3) is 0.667. The molecule has 2 N–H and O–H groups in total. The summed E-state index contributed by atoms with van der Waals surface area (Å²) >= 11 is 6.12. The van der Waals surface area contributed by atoms with Crippen molar-refractivity contribution in [2.45, 2.75) is 31.8 Å². The highest BCUT2D eigenvalue weighted by molar-refractivity contribution is 6.33. The van der Waals surface area contributed by atoms with Crippen LogP contribution >= 0.6 is 11.6 Å². The zero-order chi connectivity index (χ0) is 12.7. The van der Waals surface area contributed by atoms with Gasteiger partial charge in [-0.05, 0) is 25.2 Å². The molecule has 1 unspecified atom stereocenters. The normalized spacial score (nSPS) is 23.7. The SMILES string of the molecule is NC1CCN(c2c(Cl)cnn(CC3CC3)c2=O)C1. The molecule has 1 aliphatic carbocycles. The van der Waals surface area contributed by atoms with Crippen LogP contribution in [0.5, 0.6) is 0 Å². The Morgan fingerprint density at radius 2 is 2.22 bits per heavy atom. The van der Waals surface area contributed by atoms with Crippen molar-refractivity contribution in [1.82, 2.24) is 9.78 Å². The Hall–Kier alpha value is -1.07. The predicted molar refractivity (Wildman–Crippen MR) is 71.0 cm³/mol. The lowest BCUT2D eigenvalue weighted by Crippen LogP contribution is -2.34. The highest BCUT2D eigenvalue weighted by Crippen LogP contribution is 2.30. The molecule has 5 nitrogen and oxygen atoms in total. The Morgan fingerprint density at radius 3 is 2.83 bits per heavy atom. The number of halogens is 1. The third-order valence-corrected chi connectivity index (χ3v) is 3.92. The van der Waals surface area contributed by atoms with Gasteiger partial charge >= 0.3 is 0 Å². The Labute approximate surface area is 111 Å². The summed E-state index contributed by atoms with van der Waals surface area (Å²) in [5, 5.41) is 4.55. The molecule has 2 heterocycles. The van der Waals surface area contributed by atoms with Crippen molar-refractivity contribution in [3.05, 3.63) is 21.6 Å². The van der Waals surface area contributed by atoms with Crippen LogP contribution in [0.2, 0.25) is 5.02 Å². The third kappa shape index (κ3) is 2.24. The zero-order valence-electron chi connectivity index (χ0n) is 10.2. The Bertz CT molecular complexity index is 511. The number of hydrogen-bond acceptors (Lipinski definition) is 4. The summed E-state index contributed by atoms with van der Waals surface area (Å²) in [7, 11) is 0. The average Bonchev–Trinajstić information content (AvgIpc) is 3.05. The van der Waals surface area contributed by atoms with Gasteiger partial charge in [-0.1, -0.05) is 11.6 Å². The molecule has 1 aromatic rings. The van der Waals surface area contributed by atoms with Gasteiger partial charge in [0.1, 0.15) is 5.69 Å². The number of hydrogen-bond donors (Lipinski definition) is 1. The van der Waals surface area contributed by atoms with Crippen molar-refractivity contribution < 1.29 is 0 Å². The summed E-state index contributed by atoms with van der Waals surface area (Å²) in [6.07, 6.45) is 4.87. The highest BCUT2D eigenvalue weighted by Gasteiger charge is 2.27. The first-order valence-electron chi connectivity index (χ1n) is 6.41. The fourth-order valence-corrected chi connectivity index (χ4v) is 2.65. The van der Waals surface area contributed by atoms with Crippen molar-refractivity contribution in [3.63, 3.8) is 0 Å². The van der Waals surface area contributed by atoms with E-state index >= 15 is 0 Å². The van der Waals surface area contributed by atoms with Crippen molar-refractivity contribution in [1.29, 1.82) is 0 Å². The molecule has 0 amide bonds. The lowest BCUT2D eigenvalue weighted by atomic mass is 10.3. The molecule has 0 aromatic carbocycles. The topological polar surface area (TPSA) is 64.2 Å². The molecular formula is C12H17ClN4O. The monoisotopic (exact) mass is 268 g/mol. The molecule has 1 saturated heterocycles. The second-order valence-corrected chi connectivity index (χ2v) is 5.67. The van der Waals surface area contributed by atoms with E-state index in [2.05, 4.69) is 5.10 Å². The molecular weight excluding hydrogens is 252 g/mol. The molecule has 3 rings (SSSR count). The van der Waals surface area contributed by atoms with Crippen LogP contribution in [0.4, 0.5) is 5.69 Å². The maximum atomic E-state index is 12.4. The first-order chi connectivity index (χ1) is 8.65. The fourth-order valence-electron chi connectivity index (χ4n) is 2.41. The van der Waals surface area contributed by atoms with Crippen LogP contribution < -0.4 is 16.2 Å². The van der Waals surface area contributed by atoms with Gasteiger partial charge in [-0.2, -0.15) is 5.10 Å². The van der Waals surface area contributed by atoms with E-state index < -0.39 is 0 Å². The molecule has 18 heavy (non-hydrogen) atoms. The first-order valence-corrected chi connectivity index (χ1v) is 6.79. The average molecular weight is 269 g/mol. The molecule has 6 heteroatoms. The summed E-state index contributed by atoms with van der Waals surface area (Å²) in [5.74, 6) is 0.616. The van der Waals surface area contributed by atoms with E-state index in [1.165, 1.54) is 12.8 Å². The maximum Gasteiger partial charge on any atom is 0.291 e. The molecule has 0 radical (unpaired) electrons. The molecule has 98 valence electrons. The minimum Gasteiger partial charge on any atom is -0.364 e. The van der Waals surface area contributed by atoms with Crippen molar-refractivity contribution in [2.75, 3.05) is 18.0 Å². The van der Waals surface area contributed by atoms with E-state index in [1.54, 1.807) is 10.9 Å². The van der Waals surface area contributed by atoms with Gasteiger partial charge in [-0.25, -0.2) is 4.68 Å². The second kappa shape index (κ2) is 4.55. The van der Waals surface area contributed by atoms with Gasteiger partial charge in [-0.15, -0.1) is 0 Å². The molecule has 1 aliphatic heterocycles. The van der Waals surface area contributed by atoms with E-state index in [1.807, 2.05) is 4.90 Å². The molecule has 2 fully saturated rings. The van der Waals surface area contributed by atoms with Gasteiger partial charge < -0.3 is 10.6 Å². The van der Waals surface area contributed by atoms with Gasteiger partial charge in [0.25, 0.3) is 5.56 Å². The van der Waals surface area contributed by atoms with Crippen molar-refractivity contribution >= 4 is 17.3 Å². The van der Waals surface area contributed by atoms with Crippen molar-refractivity contribution in [3.8, 4) is 0 Å². The molecule has 2 aliphatic rings. The van der Waals surface area contributed by atoms with Gasteiger partial charge in [0.2, 0.25) is 0 Å². The van der Waals surface area contributed by atoms with Crippen LogP contribution in [0.25, 0.3) is 0 Å². The third-order valence-electron chi connectivity index (χ3n) is 3.64. The largest absolute Gasteiger partial charge is 0.364 e. The summed E-state index contributed by atoms with van der Waals surface area (Å²) < 4.78 is 1.54. The lowest BCUT2D eigenvalue weighted by Gasteiger charge is -2.19. The van der Waals surface area contributed by atoms with Crippen LogP contribution in [-0.2, 0) is 6.54 Å². The minimum absolute atomic E-state index is 0.0801. The van der Waals surface area contributed by atoms with Crippen LogP contribution in [0.3, 0.4) is 0 Å². The van der Waals surface area contributed by atoms with E-state index in [0.717, 1.165) is 13.0 Å². The lowest BCUT2D eigenvalue weighted by molar-refractivity contribution is 0.533. The molecule has 1 saturated carbocycles. The number of rotatable bonds is 3. The molecule has 1 aromatic heterocycles. The Balaban J connectivity index is 1.93. The summed E-state index contributed by atoms with van der Waals surface area (Å²) in [5.41, 5.74) is 6.37. The number of aromatic nitrogens is 2. The van der Waals surface area contributed by atoms with Crippen LogP contribution in [0, 0.1) is 5.92 Å². The predicted octanol–water partition coefficient (Wildman–Crippen LogP) is 0.844. The van der Waals surface area contributed by atoms with Gasteiger partial charge in [0.15, 0.2) is 0 Å². The van der Waals surface area contributed by atoms with E-state index in [0.29, 0.717) is 29.7 Å². The van der Waals surface area contributed by atoms with Crippen LogP contribution in [0.1, 0.15) is 19.3 Å². The van der Waals surface area contributed by atoms with Gasteiger partial charge in [-0.3, -0.25) is 4.79 Å². The zero-order valence-corrected chi connectivity index (χ0v) is 10.9. The van der Waals surface area contributed by atoms with Crippen LogP contribution in [0.15, 0.2) is 11.0 Å². The molecule has 1 atom stereocenters. The summed E-state index contributed by atoms with van der Waals surface area (Å²) in [6, 6.07) is 0.130. The quantitative estimate of drug-likeness (QED) is 0.883.